The third kappa shape index (κ3) is 2.10. The van der Waals surface area contributed by atoms with Gasteiger partial charge in [0, 0.05) is 11.6 Å². The van der Waals surface area contributed by atoms with E-state index in [-0.39, 0.29) is 5.50 Å². The Morgan fingerprint density at radius 1 is 1.17 bits per heavy atom. The highest BCUT2D eigenvalue weighted by Gasteiger charge is 2.35. The van der Waals surface area contributed by atoms with Gasteiger partial charge in [-0.1, -0.05) is 49.1 Å². The normalized spacial score (nSPS) is 24.6. The number of halogens is 1. The first kappa shape index (κ1) is 12.2. The maximum atomic E-state index is 6.60. The Morgan fingerprint density at radius 3 is 2.67 bits per heavy atom. The van der Waals surface area contributed by atoms with Crippen LogP contribution < -0.4 is 4.74 Å². The summed E-state index contributed by atoms with van der Waals surface area (Å²) in [6, 6.07) is 8.31. The first-order chi connectivity index (χ1) is 8.77. The van der Waals surface area contributed by atoms with Gasteiger partial charge in [-0.15, -0.1) is 0 Å². The fourth-order valence-corrected chi connectivity index (χ4v) is 3.68. The van der Waals surface area contributed by atoms with E-state index >= 15 is 0 Å². The van der Waals surface area contributed by atoms with Gasteiger partial charge in [0.25, 0.3) is 5.17 Å². The van der Waals surface area contributed by atoms with Crippen molar-refractivity contribution >= 4 is 29.0 Å². The van der Waals surface area contributed by atoms with Crippen LogP contribution in [-0.4, -0.2) is 16.1 Å². The summed E-state index contributed by atoms with van der Waals surface area (Å²) in [7, 11) is 0. The molecular weight excluding hydrogens is 266 g/mol. The summed E-state index contributed by atoms with van der Waals surface area (Å²) in [5.74, 6) is 0.801. The quantitative estimate of drug-likeness (QED) is 0.434. The van der Waals surface area contributed by atoms with E-state index in [0.29, 0.717) is 11.2 Å². The van der Waals surface area contributed by atoms with Crippen molar-refractivity contribution < 1.29 is 4.74 Å². The molecule has 0 aromatic heterocycles. The molecule has 0 saturated heterocycles. The summed E-state index contributed by atoms with van der Waals surface area (Å²) in [6.07, 6.45) is 6.16. The number of benzene rings is 1. The Labute approximate surface area is 118 Å². The number of rotatable bonds is 1. The van der Waals surface area contributed by atoms with E-state index in [1.165, 1.54) is 19.3 Å². The van der Waals surface area contributed by atoms with Crippen LogP contribution >= 0.6 is 23.8 Å². The standard InChI is InChI=1S/C14H16ClNOS/c15-13-11-8-4-5-9-12(11)17-14(18)16(13)10-6-2-1-3-7-10/h4-5,8-10,13H,1-3,6-7H2/t13-/m0/s1. The Hall–Kier alpha value is -0.800. The molecule has 96 valence electrons. The first-order valence-corrected chi connectivity index (χ1v) is 7.35. The average Bonchev–Trinajstić information content (AvgIpc) is 2.40. The van der Waals surface area contributed by atoms with Crippen molar-refractivity contribution in [1.29, 1.82) is 0 Å². The molecule has 1 aliphatic heterocycles. The SMILES string of the molecule is S=C1Oc2ccccc2[C@@H](Cl)N1C1CCCCC1. The van der Waals surface area contributed by atoms with Crippen molar-refractivity contribution in [2.75, 3.05) is 0 Å². The van der Waals surface area contributed by atoms with E-state index in [0.717, 1.165) is 24.2 Å². The minimum absolute atomic E-state index is 0.189. The zero-order chi connectivity index (χ0) is 12.5. The summed E-state index contributed by atoms with van der Waals surface area (Å²) in [5, 5.41) is 0.528. The molecule has 0 spiro atoms. The largest absolute Gasteiger partial charge is 0.431 e. The molecule has 0 N–H and O–H groups in total. The van der Waals surface area contributed by atoms with E-state index in [9.17, 15) is 0 Å². The fraction of sp³-hybridized carbons (Fsp3) is 0.500. The Kier molecular flexibility index (Phi) is 3.44. The van der Waals surface area contributed by atoms with E-state index in [4.69, 9.17) is 28.6 Å². The zero-order valence-corrected chi connectivity index (χ0v) is 11.7. The fourth-order valence-electron chi connectivity index (χ4n) is 2.85. The van der Waals surface area contributed by atoms with Gasteiger partial charge in [0.05, 0.1) is 0 Å². The minimum atomic E-state index is -0.189. The average molecular weight is 282 g/mol. The summed E-state index contributed by atoms with van der Waals surface area (Å²) in [4.78, 5) is 2.08. The Bertz CT molecular complexity index is 459. The van der Waals surface area contributed by atoms with Gasteiger partial charge in [0.1, 0.15) is 11.3 Å². The van der Waals surface area contributed by atoms with Gasteiger partial charge in [-0.25, -0.2) is 0 Å². The molecular formula is C14H16ClNOS. The predicted octanol–water partition coefficient (Wildman–Crippen LogP) is 4.24. The molecule has 1 saturated carbocycles. The van der Waals surface area contributed by atoms with Gasteiger partial charge in [-0.05, 0) is 31.1 Å². The molecule has 2 nitrogen and oxygen atoms in total. The lowest BCUT2D eigenvalue weighted by Crippen LogP contribution is -2.46. The third-order valence-corrected chi connectivity index (χ3v) is 4.54. The molecule has 4 heteroatoms. The van der Waals surface area contributed by atoms with Crippen LogP contribution in [0.15, 0.2) is 24.3 Å². The van der Waals surface area contributed by atoms with Crippen molar-refractivity contribution in [2.45, 2.75) is 43.6 Å². The van der Waals surface area contributed by atoms with Crippen molar-refractivity contribution in [3.05, 3.63) is 29.8 Å². The van der Waals surface area contributed by atoms with Gasteiger partial charge in [-0.2, -0.15) is 0 Å². The number of thiocarbonyl (C=S) groups is 1. The van der Waals surface area contributed by atoms with Crippen molar-refractivity contribution in [3.8, 4) is 5.75 Å². The van der Waals surface area contributed by atoms with Gasteiger partial charge in [0.15, 0.2) is 0 Å². The van der Waals surface area contributed by atoms with Gasteiger partial charge in [-0.3, -0.25) is 0 Å². The summed E-state index contributed by atoms with van der Waals surface area (Å²) in [5.41, 5.74) is 0.837. The molecule has 1 atom stereocenters. The third-order valence-electron chi connectivity index (χ3n) is 3.80. The molecule has 1 fully saturated rings. The highest BCUT2D eigenvalue weighted by molar-refractivity contribution is 7.80. The van der Waals surface area contributed by atoms with E-state index in [1.807, 2.05) is 24.3 Å². The smallest absolute Gasteiger partial charge is 0.266 e. The van der Waals surface area contributed by atoms with Crippen LogP contribution in [0.1, 0.15) is 43.2 Å². The molecule has 0 unspecified atom stereocenters. The second-order valence-corrected chi connectivity index (χ2v) is 5.70. The van der Waals surface area contributed by atoms with E-state index in [1.54, 1.807) is 0 Å². The summed E-state index contributed by atoms with van der Waals surface area (Å²) >= 11 is 12.0. The van der Waals surface area contributed by atoms with Crippen molar-refractivity contribution in [3.63, 3.8) is 0 Å². The van der Waals surface area contributed by atoms with Crippen molar-refractivity contribution in [2.24, 2.45) is 0 Å². The molecule has 2 aliphatic rings. The predicted molar refractivity (Wildman–Crippen MR) is 77.0 cm³/mol. The number of ether oxygens (including phenoxy) is 1. The first-order valence-electron chi connectivity index (χ1n) is 6.50. The topological polar surface area (TPSA) is 12.5 Å². The number of fused-ring (bicyclic) bond motifs is 1. The summed E-state index contributed by atoms with van der Waals surface area (Å²) < 4.78 is 5.74. The molecule has 1 aromatic carbocycles. The molecule has 1 aromatic rings. The molecule has 1 aliphatic carbocycles. The maximum Gasteiger partial charge on any atom is 0.266 e. The van der Waals surface area contributed by atoms with Gasteiger partial charge in [0.2, 0.25) is 0 Å². The van der Waals surface area contributed by atoms with Gasteiger partial charge < -0.3 is 9.64 Å². The lowest BCUT2D eigenvalue weighted by atomic mass is 9.94. The highest BCUT2D eigenvalue weighted by Crippen LogP contribution is 2.40. The van der Waals surface area contributed by atoms with Crippen LogP contribution in [-0.2, 0) is 0 Å². The second kappa shape index (κ2) is 5.06. The van der Waals surface area contributed by atoms with E-state index < -0.39 is 0 Å². The minimum Gasteiger partial charge on any atom is -0.431 e. The number of alkyl halides is 1. The molecule has 1 heterocycles. The van der Waals surface area contributed by atoms with Crippen LogP contribution in [0.5, 0.6) is 5.75 Å². The van der Waals surface area contributed by atoms with Crippen LogP contribution in [0.4, 0.5) is 0 Å². The Morgan fingerprint density at radius 2 is 1.89 bits per heavy atom. The van der Waals surface area contributed by atoms with Crippen LogP contribution in [0, 0.1) is 0 Å². The maximum absolute atomic E-state index is 6.60. The number of para-hydroxylation sites is 1. The monoisotopic (exact) mass is 281 g/mol. The molecule has 0 bridgehead atoms. The molecule has 0 radical (unpaired) electrons. The number of hydrogen-bond donors (Lipinski definition) is 0. The van der Waals surface area contributed by atoms with Crippen LogP contribution in [0.25, 0.3) is 0 Å². The lowest BCUT2D eigenvalue weighted by molar-refractivity contribution is 0.191. The molecule has 3 rings (SSSR count). The molecule has 0 amide bonds. The van der Waals surface area contributed by atoms with Crippen molar-refractivity contribution in [1.82, 2.24) is 4.90 Å². The zero-order valence-electron chi connectivity index (χ0n) is 10.1. The number of hydrogen-bond acceptors (Lipinski definition) is 2. The summed E-state index contributed by atoms with van der Waals surface area (Å²) in [6.45, 7) is 0. The van der Waals surface area contributed by atoms with E-state index in [2.05, 4.69) is 4.90 Å². The lowest BCUT2D eigenvalue weighted by Gasteiger charge is -2.41. The Balaban J connectivity index is 1.90. The van der Waals surface area contributed by atoms with Crippen LogP contribution in [0.2, 0.25) is 0 Å². The second-order valence-electron chi connectivity index (χ2n) is 4.94. The van der Waals surface area contributed by atoms with Gasteiger partial charge >= 0.3 is 0 Å². The number of nitrogens with zero attached hydrogens (tertiary/aromatic N) is 1. The van der Waals surface area contributed by atoms with Crippen LogP contribution in [0.3, 0.4) is 0 Å². The highest BCUT2D eigenvalue weighted by atomic mass is 35.5. The molecule has 18 heavy (non-hydrogen) atoms.